The molecule has 0 saturated heterocycles. The van der Waals surface area contributed by atoms with Crippen LogP contribution in [-0.2, 0) is 16.8 Å². The minimum atomic E-state index is -3.72. The van der Waals surface area contributed by atoms with Gasteiger partial charge >= 0.3 is 10.2 Å². The summed E-state index contributed by atoms with van der Waals surface area (Å²) in [5, 5.41) is 1.24. The van der Waals surface area contributed by atoms with Crippen LogP contribution in [0.25, 0.3) is 23.0 Å². The maximum Gasteiger partial charge on any atom is 0.301 e. The first-order chi connectivity index (χ1) is 14.7. The molecule has 1 heterocycles. The van der Waals surface area contributed by atoms with Gasteiger partial charge in [0.15, 0.2) is 0 Å². The lowest BCUT2D eigenvalue weighted by Gasteiger charge is -2.17. The Morgan fingerprint density at radius 1 is 1.19 bits per heavy atom. The molecule has 166 valence electrons. The van der Waals surface area contributed by atoms with Crippen LogP contribution in [0.3, 0.4) is 0 Å². The molecule has 9 heteroatoms. The first-order valence-electron chi connectivity index (χ1n) is 10.1. The summed E-state index contributed by atoms with van der Waals surface area (Å²) in [5.41, 5.74) is 15.6. The number of aromatic nitrogens is 1. The van der Waals surface area contributed by atoms with Crippen molar-refractivity contribution >= 4 is 27.7 Å². The van der Waals surface area contributed by atoms with E-state index < -0.39 is 10.2 Å². The lowest BCUT2D eigenvalue weighted by molar-refractivity contribution is 0.336. The molecule has 0 radical (unpaired) electrons. The molecule has 0 spiro atoms. The van der Waals surface area contributed by atoms with Crippen LogP contribution in [0.15, 0.2) is 42.5 Å². The van der Waals surface area contributed by atoms with Gasteiger partial charge in [0.2, 0.25) is 0 Å². The molecule has 0 bridgehead atoms. The highest BCUT2D eigenvalue weighted by Crippen LogP contribution is 2.21. The lowest BCUT2D eigenvalue weighted by Crippen LogP contribution is -2.38. The zero-order valence-electron chi connectivity index (χ0n) is 18.2. The quantitative estimate of drug-likeness (QED) is 0.536. The van der Waals surface area contributed by atoms with Crippen LogP contribution in [0.5, 0.6) is 0 Å². The SMILES string of the molecule is CN(CCN)Cc1cccc(-c2cc(NS(=O)(=O)N(C)C)c3c(n2)=CC=CCC=3N)c1. The predicted octanol–water partition coefficient (Wildman–Crippen LogP) is 0.165. The largest absolute Gasteiger partial charge is 0.401 e. The zero-order valence-corrected chi connectivity index (χ0v) is 19.0. The Morgan fingerprint density at radius 3 is 2.68 bits per heavy atom. The van der Waals surface area contributed by atoms with Crippen molar-refractivity contribution in [2.75, 3.05) is 39.0 Å². The Morgan fingerprint density at radius 2 is 1.97 bits per heavy atom. The van der Waals surface area contributed by atoms with Gasteiger partial charge in [0.25, 0.3) is 0 Å². The molecule has 0 unspecified atom stereocenters. The lowest BCUT2D eigenvalue weighted by atomic mass is 10.1. The summed E-state index contributed by atoms with van der Waals surface area (Å²) in [6.45, 7) is 2.15. The van der Waals surface area contributed by atoms with Crippen LogP contribution >= 0.6 is 0 Å². The summed E-state index contributed by atoms with van der Waals surface area (Å²) in [6.07, 6.45) is 6.18. The third-order valence-corrected chi connectivity index (χ3v) is 6.44. The first-order valence-corrected chi connectivity index (χ1v) is 11.5. The van der Waals surface area contributed by atoms with Gasteiger partial charge in [-0.25, -0.2) is 4.98 Å². The predicted molar refractivity (Wildman–Crippen MR) is 126 cm³/mol. The topological polar surface area (TPSA) is 118 Å². The van der Waals surface area contributed by atoms with Crippen LogP contribution < -0.4 is 26.8 Å². The Hall–Kier alpha value is -2.72. The van der Waals surface area contributed by atoms with Gasteiger partial charge in [-0.2, -0.15) is 12.7 Å². The number of nitrogens with two attached hydrogens (primary N) is 2. The number of anilines is 1. The van der Waals surface area contributed by atoms with Crippen molar-refractivity contribution in [1.82, 2.24) is 14.2 Å². The highest BCUT2D eigenvalue weighted by molar-refractivity contribution is 7.90. The van der Waals surface area contributed by atoms with Gasteiger partial charge in [-0.3, -0.25) is 4.72 Å². The number of rotatable bonds is 8. The molecule has 1 aromatic heterocycles. The zero-order chi connectivity index (χ0) is 22.6. The van der Waals surface area contributed by atoms with Crippen LogP contribution in [0.2, 0.25) is 0 Å². The molecule has 0 atom stereocenters. The summed E-state index contributed by atoms with van der Waals surface area (Å²) in [5.74, 6) is 0. The van der Waals surface area contributed by atoms with Crippen molar-refractivity contribution in [1.29, 1.82) is 0 Å². The summed E-state index contributed by atoms with van der Waals surface area (Å²) in [4.78, 5) is 6.94. The molecule has 2 aromatic rings. The maximum atomic E-state index is 12.6. The average molecular weight is 443 g/mol. The van der Waals surface area contributed by atoms with E-state index in [2.05, 4.69) is 21.8 Å². The van der Waals surface area contributed by atoms with E-state index in [1.807, 2.05) is 37.4 Å². The number of nitrogens with one attached hydrogen (secondary N) is 1. The second kappa shape index (κ2) is 9.61. The first kappa shape index (κ1) is 23.0. The van der Waals surface area contributed by atoms with Gasteiger partial charge in [0.05, 0.1) is 16.7 Å². The van der Waals surface area contributed by atoms with E-state index in [4.69, 9.17) is 16.5 Å². The molecule has 1 aromatic carbocycles. The third-order valence-electron chi connectivity index (χ3n) is 5.00. The van der Waals surface area contributed by atoms with Crippen molar-refractivity contribution in [3.05, 3.63) is 58.6 Å². The van der Waals surface area contributed by atoms with Crippen molar-refractivity contribution in [2.45, 2.75) is 13.0 Å². The van der Waals surface area contributed by atoms with Crippen molar-refractivity contribution in [2.24, 2.45) is 11.5 Å². The van der Waals surface area contributed by atoms with E-state index >= 15 is 0 Å². The van der Waals surface area contributed by atoms with Gasteiger partial charge in [-0.1, -0.05) is 30.4 Å². The van der Waals surface area contributed by atoms with E-state index in [0.29, 0.717) is 40.6 Å². The van der Waals surface area contributed by atoms with Crippen LogP contribution in [0.4, 0.5) is 5.69 Å². The Kier molecular flexibility index (Phi) is 7.11. The molecule has 8 nitrogen and oxygen atoms in total. The standard InChI is InChI=1S/C22H30N6O2S/c1-27(2)31(29,30)26-21-14-20(25-19-10-5-4-9-18(24)22(19)21)17-8-6-7-16(13-17)15-28(3)12-11-23/h4-8,10,13-14,26H,9,11-12,15,23-24H2,1-3H3. The van der Waals surface area contributed by atoms with Crippen LogP contribution in [0.1, 0.15) is 12.0 Å². The van der Waals surface area contributed by atoms with Gasteiger partial charge in [-0.15, -0.1) is 0 Å². The number of fused-ring (bicyclic) bond motifs is 1. The van der Waals surface area contributed by atoms with Gasteiger partial charge in [0.1, 0.15) is 0 Å². The van der Waals surface area contributed by atoms with Crippen LogP contribution in [-0.4, -0.2) is 56.8 Å². The Bertz CT molecular complexity index is 1200. The average Bonchev–Trinajstić information content (AvgIpc) is 2.89. The van der Waals surface area contributed by atoms with E-state index in [0.717, 1.165) is 28.5 Å². The third kappa shape index (κ3) is 5.50. The van der Waals surface area contributed by atoms with Gasteiger partial charge in [-0.05, 0) is 30.8 Å². The molecule has 31 heavy (non-hydrogen) atoms. The Balaban J connectivity index is 2.14. The Labute approximate surface area is 183 Å². The number of hydrogen-bond donors (Lipinski definition) is 3. The summed E-state index contributed by atoms with van der Waals surface area (Å²) >= 11 is 0. The fourth-order valence-corrected chi connectivity index (χ4v) is 4.00. The molecule has 0 amide bonds. The van der Waals surface area contributed by atoms with E-state index in [-0.39, 0.29) is 0 Å². The highest BCUT2D eigenvalue weighted by Gasteiger charge is 2.17. The fourth-order valence-electron chi connectivity index (χ4n) is 3.38. The van der Waals surface area contributed by atoms with Gasteiger partial charge in [0, 0.05) is 56.6 Å². The minimum Gasteiger partial charge on any atom is -0.401 e. The van der Waals surface area contributed by atoms with Crippen molar-refractivity contribution in [3.8, 4) is 11.3 Å². The number of allylic oxidation sites excluding steroid dienone is 1. The summed E-state index contributed by atoms with van der Waals surface area (Å²) in [7, 11) is 1.26. The molecule has 0 saturated carbocycles. The molecule has 3 rings (SSSR count). The number of benzene rings is 1. The molecule has 5 N–H and O–H groups in total. The molecule has 0 aliphatic heterocycles. The van der Waals surface area contributed by atoms with Crippen molar-refractivity contribution < 1.29 is 8.42 Å². The summed E-state index contributed by atoms with van der Waals surface area (Å²) < 4.78 is 28.9. The number of nitrogens with zero attached hydrogens (tertiary/aromatic N) is 3. The number of pyridine rings is 1. The summed E-state index contributed by atoms with van der Waals surface area (Å²) in [6, 6.07) is 9.80. The molecule has 1 aliphatic carbocycles. The molecule has 0 fully saturated rings. The minimum absolute atomic E-state index is 0.414. The molecule has 1 aliphatic rings. The van der Waals surface area contributed by atoms with Crippen LogP contribution in [0, 0.1) is 0 Å². The number of likely N-dealkylation sites (N-methyl/N-ethyl adjacent to an activating group) is 1. The normalized spacial score (nSPS) is 13.8. The second-order valence-electron chi connectivity index (χ2n) is 7.76. The van der Waals surface area contributed by atoms with Crippen molar-refractivity contribution in [3.63, 3.8) is 0 Å². The van der Waals surface area contributed by atoms with E-state index in [9.17, 15) is 8.42 Å². The smallest absolute Gasteiger partial charge is 0.301 e. The highest BCUT2D eigenvalue weighted by atomic mass is 32.2. The monoisotopic (exact) mass is 442 g/mol. The van der Waals surface area contributed by atoms with E-state index in [1.54, 1.807) is 6.07 Å². The fraction of sp³-hybridized carbons (Fsp3) is 0.318. The second-order valence-corrected chi connectivity index (χ2v) is 9.64. The number of hydrogen-bond acceptors (Lipinski definition) is 6. The van der Waals surface area contributed by atoms with E-state index in [1.165, 1.54) is 14.1 Å². The molecular weight excluding hydrogens is 412 g/mol. The molecular formula is C22H30N6O2S. The maximum absolute atomic E-state index is 12.6. The van der Waals surface area contributed by atoms with Gasteiger partial charge < -0.3 is 16.4 Å².